The molecule has 0 aromatic heterocycles. The number of morpholine rings is 1. The summed E-state index contributed by atoms with van der Waals surface area (Å²) in [6.07, 6.45) is 0.464. The number of rotatable bonds is 4. The molecule has 1 aliphatic heterocycles. The maximum absolute atomic E-state index is 12.3. The number of nitrogens with one attached hydrogen (secondary N) is 1. The Bertz CT molecular complexity index is 518. The lowest BCUT2D eigenvalue weighted by Crippen LogP contribution is -2.58. The molecule has 4 nitrogen and oxygen atoms in total. The second kappa shape index (κ2) is 6.80. The van der Waals surface area contributed by atoms with Crippen LogP contribution in [0.4, 0.5) is 0 Å². The molecule has 0 spiro atoms. The van der Waals surface area contributed by atoms with Crippen LogP contribution in [-0.4, -0.2) is 48.2 Å². The van der Waals surface area contributed by atoms with E-state index in [2.05, 4.69) is 37.9 Å². The minimum atomic E-state index is -0.0915. The van der Waals surface area contributed by atoms with Gasteiger partial charge in [0.15, 0.2) is 0 Å². The molecule has 0 radical (unpaired) electrons. The second-order valence-electron chi connectivity index (χ2n) is 7.03. The maximum Gasteiger partial charge on any atom is 0.251 e. The van der Waals surface area contributed by atoms with Crippen molar-refractivity contribution >= 4 is 5.91 Å². The third kappa shape index (κ3) is 4.31. The summed E-state index contributed by atoms with van der Waals surface area (Å²) in [6, 6.07) is 7.69. The third-order valence-corrected chi connectivity index (χ3v) is 4.24. The molecule has 0 aliphatic carbocycles. The van der Waals surface area contributed by atoms with Crippen molar-refractivity contribution in [1.29, 1.82) is 0 Å². The summed E-state index contributed by atoms with van der Waals surface area (Å²) in [7, 11) is 0. The van der Waals surface area contributed by atoms with Gasteiger partial charge in [-0.2, -0.15) is 0 Å². The van der Waals surface area contributed by atoms with E-state index in [1.807, 2.05) is 31.2 Å². The minimum Gasteiger partial charge on any atom is -0.373 e. The standard InChI is InChI=1S/C18H28N2O2/c1-13-7-6-8-16(9-13)17(21)19-12-18(4,5)20-10-14(2)22-15(3)11-20/h6-9,14-15H,10-12H2,1-5H3,(H,19,21). The van der Waals surface area contributed by atoms with Crippen molar-refractivity contribution < 1.29 is 9.53 Å². The number of amides is 1. The average molecular weight is 304 g/mol. The van der Waals surface area contributed by atoms with Crippen molar-refractivity contribution in [3.8, 4) is 0 Å². The van der Waals surface area contributed by atoms with Crippen molar-refractivity contribution in [2.75, 3.05) is 19.6 Å². The molecule has 1 N–H and O–H groups in total. The fraction of sp³-hybridized carbons (Fsp3) is 0.611. The Hall–Kier alpha value is -1.39. The van der Waals surface area contributed by atoms with Gasteiger partial charge >= 0.3 is 0 Å². The molecule has 1 saturated heterocycles. The molecule has 2 rings (SSSR count). The smallest absolute Gasteiger partial charge is 0.251 e. The first-order valence-corrected chi connectivity index (χ1v) is 8.03. The van der Waals surface area contributed by atoms with Gasteiger partial charge < -0.3 is 10.1 Å². The number of nitrogens with zero attached hydrogens (tertiary/aromatic N) is 1. The summed E-state index contributed by atoms with van der Waals surface area (Å²) < 4.78 is 5.79. The Labute approximate surface area is 133 Å². The predicted octanol–water partition coefficient (Wildman–Crippen LogP) is 2.61. The zero-order chi connectivity index (χ0) is 16.3. The number of hydrogen-bond donors (Lipinski definition) is 1. The normalized spacial score (nSPS) is 23.3. The first-order valence-electron chi connectivity index (χ1n) is 8.03. The number of benzene rings is 1. The zero-order valence-corrected chi connectivity index (χ0v) is 14.3. The number of aryl methyl sites for hydroxylation is 1. The van der Waals surface area contributed by atoms with Crippen molar-refractivity contribution in [3.05, 3.63) is 35.4 Å². The van der Waals surface area contributed by atoms with E-state index in [-0.39, 0.29) is 23.7 Å². The highest BCUT2D eigenvalue weighted by atomic mass is 16.5. The van der Waals surface area contributed by atoms with Crippen LogP contribution in [0.15, 0.2) is 24.3 Å². The van der Waals surface area contributed by atoms with Crippen LogP contribution < -0.4 is 5.32 Å². The molecule has 0 saturated carbocycles. The van der Waals surface area contributed by atoms with Gasteiger partial charge in [-0.25, -0.2) is 0 Å². The first-order chi connectivity index (χ1) is 10.3. The molecule has 1 amide bonds. The number of hydrogen-bond acceptors (Lipinski definition) is 3. The van der Waals surface area contributed by atoms with E-state index in [9.17, 15) is 4.79 Å². The van der Waals surface area contributed by atoms with E-state index in [1.165, 1.54) is 0 Å². The van der Waals surface area contributed by atoms with E-state index >= 15 is 0 Å². The van der Waals surface area contributed by atoms with Crippen LogP contribution in [0.3, 0.4) is 0 Å². The van der Waals surface area contributed by atoms with Crippen molar-refractivity contribution in [2.24, 2.45) is 0 Å². The number of carbonyl (C=O) groups excluding carboxylic acids is 1. The van der Waals surface area contributed by atoms with Gasteiger partial charge in [-0.15, -0.1) is 0 Å². The second-order valence-corrected chi connectivity index (χ2v) is 7.03. The van der Waals surface area contributed by atoms with E-state index in [0.717, 1.165) is 24.2 Å². The highest BCUT2D eigenvalue weighted by molar-refractivity contribution is 5.94. The largest absolute Gasteiger partial charge is 0.373 e. The van der Waals surface area contributed by atoms with Gasteiger partial charge in [-0.3, -0.25) is 9.69 Å². The van der Waals surface area contributed by atoms with Crippen molar-refractivity contribution in [3.63, 3.8) is 0 Å². The molecule has 0 bridgehead atoms. The van der Waals surface area contributed by atoms with E-state index in [0.29, 0.717) is 6.54 Å². The SMILES string of the molecule is Cc1cccc(C(=O)NCC(C)(C)N2CC(C)OC(C)C2)c1. The monoisotopic (exact) mass is 304 g/mol. The Balaban J connectivity index is 1.95. The van der Waals surface area contributed by atoms with Crippen LogP contribution in [0.2, 0.25) is 0 Å². The summed E-state index contributed by atoms with van der Waals surface area (Å²) in [5.41, 5.74) is 1.73. The van der Waals surface area contributed by atoms with E-state index in [4.69, 9.17) is 4.74 Å². The Morgan fingerprint density at radius 2 is 1.95 bits per heavy atom. The van der Waals surface area contributed by atoms with E-state index in [1.54, 1.807) is 0 Å². The molecule has 4 heteroatoms. The van der Waals surface area contributed by atoms with Gasteiger partial charge in [-0.1, -0.05) is 17.7 Å². The predicted molar refractivity (Wildman–Crippen MR) is 89.2 cm³/mol. The van der Waals surface area contributed by atoms with Crippen LogP contribution in [0, 0.1) is 6.92 Å². The van der Waals surface area contributed by atoms with Crippen LogP contribution in [-0.2, 0) is 4.74 Å². The van der Waals surface area contributed by atoms with Gasteiger partial charge in [0.05, 0.1) is 12.2 Å². The maximum atomic E-state index is 12.3. The zero-order valence-electron chi connectivity index (χ0n) is 14.3. The molecule has 2 atom stereocenters. The van der Waals surface area contributed by atoms with Crippen molar-refractivity contribution in [1.82, 2.24) is 10.2 Å². The summed E-state index contributed by atoms with van der Waals surface area (Å²) in [4.78, 5) is 14.7. The summed E-state index contributed by atoms with van der Waals surface area (Å²) in [5.74, 6) is -0.00821. The molecule has 22 heavy (non-hydrogen) atoms. The van der Waals surface area contributed by atoms with Crippen LogP contribution in [0.1, 0.15) is 43.6 Å². The fourth-order valence-electron chi connectivity index (χ4n) is 2.97. The lowest BCUT2D eigenvalue weighted by atomic mass is 9.99. The molecular formula is C18H28N2O2. The molecular weight excluding hydrogens is 276 g/mol. The molecule has 1 aromatic carbocycles. The summed E-state index contributed by atoms with van der Waals surface area (Å²) >= 11 is 0. The van der Waals surface area contributed by atoms with Gasteiger partial charge in [0.1, 0.15) is 0 Å². The van der Waals surface area contributed by atoms with Gasteiger partial charge in [0.2, 0.25) is 0 Å². The van der Waals surface area contributed by atoms with Crippen LogP contribution in [0.5, 0.6) is 0 Å². The molecule has 1 fully saturated rings. The fourth-order valence-corrected chi connectivity index (χ4v) is 2.97. The van der Waals surface area contributed by atoms with Gasteiger partial charge in [-0.05, 0) is 46.8 Å². The van der Waals surface area contributed by atoms with Gasteiger partial charge in [0, 0.05) is 30.7 Å². The topological polar surface area (TPSA) is 41.6 Å². The molecule has 2 unspecified atom stereocenters. The van der Waals surface area contributed by atoms with Crippen LogP contribution in [0.25, 0.3) is 0 Å². The van der Waals surface area contributed by atoms with E-state index < -0.39 is 0 Å². The summed E-state index contributed by atoms with van der Waals surface area (Å²) in [5, 5.41) is 3.07. The molecule has 122 valence electrons. The number of carbonyl (C=O) groups is 1. The Morgan fingerprint density at radius 3 is 2.55 bits per heavy atom. The Kier molecular flexibility index (Phi) is 5.24. The molecule has 1 aliphatic rings. The lowest BCUT2D eigenvalue weighted by Gasteiger charge is -2.45. The van der Waals surface area contributed by atoms with Crippen molar-refractivity contribution in [2.45, 2.75) is 52.4 Å². The van der Waals surface area contributed by atoms with Gasteiger partial charge in [0.25, 0.3) is 5.91 Å². The minimum absolute atomic E-state index is 0.00821. The molecule has 1 heterocycles. The summed E-state index contributed by atoms with van der Waals surface area (Å²) in [6.45, 7) is 13.0. The highest BCUT2D eigenvalue weighted by Crippen LogP contribution is 2.20. The third-order valence-electron chi connectivity index (χ3n) is 4.24. The highest BCUT2D eigenvalue weighted by Gasteiger charge is 2.33. The lowest BCUT2D eigenvalue weighted by molar-refractivity contribution is -0.0948. The quantitative estimate of drug-likeness (QED) is 0.929. The average Bonchev–Trinajstić information content (AvgIpc) is 2.44. The van der Waals surface area contributed by atoms with Crippen LogP contribution >= 0.6 is 0 Å². The first kappa shape index (κ1) is 17.0. The number of ether oxygens (including phenoxy) is 1. The Morgan fingerprint density at radius 1 is 1.32 bits per heavy atom. The molecule has 1 aromatic rings.